The van der Waals surface area contributed by atoms with E-state index in [4.69, 9.17) is 4.74 Å². The molecule has 2 aromatic rings. The number of non-ortho nitro benzene ring substituents is 1. The van der Waals surface area contributed by atoms with Gasteiger partial charge >= 0.3 is 0 Å². The SMILES string of the molecule is C=CCc1cc(/C=C(\C#N)c2ccc([N+](=O)[O-])cc2)cc(OC)c1O. The number of nitro groups is 1. The molecular formula is C19H16N2O4. The van der Waals surface area contributed by atoms with E-state index in [1.54, 1.807) is 24.3 Å². The molecule has 6 heteroatoms. The summed E-state index contributed by atoms with van der Waals surface area (Å²) in [4.78, 5) is 10.2. The number of rotatable bonds is 6. The van der Waals surface area contributed by atoms with Gasteiger partial charge in [-0.15, -0.1) is 6.58 Å². The van der Waals surface area contributed by atoms with Crippen molar-refractivity contribution in [2.45, 2.75) is 6.42 Å². The van der Waals surface area contributed by atoms with E-state index in [0.717, 1.165) is 0 Å². The molecule has 0 unspecified atom stereocenters. The van der Waals surface area contributed by atoms with E-state index < -0.39 is 4.92 Å². The summed E-state index contributed by atoms with van der Waals surface area (Å²) in [7, 11) is 1.45. The number of nitriles is 1. The number of allylic oxidation sites excluding steroid dienone is 2. The van der Waals surface area contributed by atoms with Crippen LogP contribution in [0.5, 0.6) is 11.5 Å². The predicted molar refractivity (Wildman–Crippen MR) is 95.1 cm³/mol. The molecule has 2 rings (SSSR count). The third kappa shape index (κ3) is 4.03. The molecule has 126 valence electrons. The Kier molecular flexibility index (Phi) is 5.54. The van der Waals surface area contributed by atoms with E-state index in [1.807, 2.05) is 0 Å². The average molecular weight is 336 g/mol. The van der Waals surface area contributed by atoms with Crippen molar-refractivity contribution in [2.24, 2.45) is 0 Å². The Bertz CT molecular complexity index is 878. The molecule has 0 fully saturated rings. The van der Waals surface area contributed by atoms with E-state index in [2.05, 4.69) is 12.6 Å². The summed E-state index contributed by atoms with van der Waals surface area (Å²) in [5.41, 5.74) is 2.15. The highest BCUT2D eigenvalue weighted by Crippen LogP contribution is 2.33. The summed E-state index contributed by atoms with van der Waals surface area (Å²) >= 11 is 0. The summed E-state index contributed by atoms with van der Waals surface area (Å²) in [5.74, 6) is 0.333. The lowest BCUT2D eigenvalue weighted by atomic mass is 10.0. The van der Waals surface area contributed by atoms with Crippen LogP contribution >= 0.6 is 0 Å². The van der Waals surface area contributed by atoms with Gasteiger partial charge in [-0.25, -0.2) is 0 Å². The molecule has 0 amide bonds. The van der Waals surface area contributed by atoms with Crippen LogP contribution in [0.15, 0.2) is 49.1 Å². The number of hydrogen-bond donors (Lipinski definition) is 1. The molecule has 0 atom stereocenters. The lowest BCUT2D eigenvalue weighted by Gasteiger charge is -2.10. The normalized spacial score (nSPS) is 10.8. The Balaban J connectivity index is 2.48. The summed E-state index contributed by atoms with van der Waals surface area (Å²) < 4.78 is 5.16. The first kappa shape index (κ1) is 17.8. The van der Waals surface area contributed by atoms with E-state index in [1.165, 1.54) is 31.4 Å². The molecule has 0 radical (unpaired) electrons. The first-order chi connectivity index (χ1) is 12.0. The number of phenols is 1. The van der Waals surface area contributed by atoms with Gasteiger partial charge in [-0.05, 0) is 47.9 Å². The van der Waals surface area contributed by atoms with E-state index in [0.29, 0.717) is 34.4 Å². The molecule has 0 aliphatic heterocycles. The van der Waals surface area contributed by atoms with Crippen LogP contribution in [0.25, 0.3) is 11.6 Å². The predicted octanol–water partition coefficient (Wildman–Crippen LogP) is 4.10. The molecule has 0 saturated heterocycles. The third-order valence-electron chi connectivity index (χ3n) is 3.58. The van der Waals surface area contributed by atoms with Gasteiger partial charge in [0.2, 0.25) is 0 Å². The van der Waals surface area contributed by atoms with Crippen LogP contribution in [-0.4, -0.2) is 17.1 Å². The second-order valence-electron chi connectivity index (χ2n) is 5.20. The lowest BCUT2D eigenvalue weighted by molar-refractivity contribution is -0.384. The fourth-order valence-electron chi connectivity index (χ4n) is 2.35. The molecule has 0 bridgehead atoms. The van der Waals surface area contributed by atoms with Gasteiger partial charge in [0.05, 0.1) is 23.7 Å². The monoisotopic (exact) mass is 336 g/mol. The quantitative estimate of drug-likeness (QED) is 0.282. The van der Waals surface area contributed by atoms with Crippen molar-refractivity contribution in [1.29, 1.82) is 5.26 Å². The zero-order valence-electron chi connectivity index (χ0n) is 13.6. The van der Waals surface area contributed by atoms with Crippen molar-refractivity contribution >= 4 is 17.3 Å². The van der Waals surface area contributed by atoms with Crippen molar-refractivity contribution < 1.29 is 14.8 Å². The Morgan fingerprint density at radius 1 is 1.40 bits per heavy atom. The topological polar surface area (TPSA) is 96.4 Å². The zero-order chi connectivity index (χ0) is 18.4. The van der Waals surface area contributed by atoms with E-state index in [-0.39, 0.29) is 11.4 Å². The second kappa shape index (κ2) is 7.79. The Morgan fingerprint density at radius 2 is 2.08 bits per heavy atom. The number of ether oxygens (including phenoxy) is 1. The maximum absolute atomic E-state index is 10.7. The summed E-state index contributed by atoms with van der Waals surface area (Å²) in [6.45, 7) is 3.65. The van der Waals surface area contributed by atoms with Crippen LogP contribution in [0.3, 0.4) is 0 Å². The van der Waals surface area contributed by atoms with Gasteiger partial charge in [0.25, 0.3) is 5.69 Å². The summed E-state index contributed by atoms with van der Waals surface area (Å²) in [6, 6.07) is 11.2. The highest BCUT2D eigenvalue weighted by atomic mass is 16.6. The molecule has 25 heavy (non-hydrogen) atoms. The number of aromatic hydroxyl groups is 1. The zero-order valence-corrected chi connectivity index (χ0v) is 13.6. The minimum Gasteiger partial charge on any atom is -0.504 e. The highest BCUT2D eigenvalue weighted by molar-refractivity contribution is 5.90. The van der Waals surface area contributed by atoms with Crippen LogP contribution in [0.4, 0.5) is 5.69 Å². The fourth-order valence-corrected chi connectivity index (χ4v) is 2.35. The lowest BCUT2D eigenvalue weighted by Crippen LogP contribution is -1.92. The van der Waals surface area contributed by atoms with Gasteiger partial charge < -0.3 is 9.84 Å². The van der Waals surface area contributed by atoms with Gasteiger partial charge in [0.15, 0.2) is 11.5 Å². The van der Waals surface area contributed by atoms with Crippen molar-refractivity contribution in [1.82, 2.24) is 0 Å². The largest absolute Gasteiger partial charge is 0.504 e. The molecular weight excluding hydrogens is 320 g/mol. The van der Waals surface area contributed by atoms with Gasteiger partial charge in [-0.3, -0.25) is 10.1 Å². The highest BCUT2D eigenvalue weighted by Gasteiger charge is 2.11. The van der Waals surface area contributed by atoms with Crippen LogP contribution in [0.1, 0.15) is 16.7 Å². The smallest absolute Gasteiger partial charge is 0.269 e. The van der Waals surface area contributed by atoms with Gasteiger partial charge in [-0.1, -0.05) is 6.08 Å². The minimum atomic E-state index is -0.494. The molecule has 1 N–H and O–H groups in total. The third-order valence-corrected chi connectivity index (χ3v) is 3.58. The molecule has 2 aromatic carbocycles. The maximum Gasteiger partial charge on any atom is 0.269 e. The van der Waals surface area contributed by atoms with Gasteiger partial charge in [0, 0.05) is 17.7 Å². The molecule has 0 saturated carbocycles. The van der Waals surface area contributed by atoms with Crippen LogP contribution in [0.2, 0.25) is 0 Å². The van der Waals surface area contributed by atoms with Gasteiger partial charge in [0.1, 0.15) is 0 Å². The van der Waals surface area contributed by atoms with Crippen LogP contribution in [-0.2, 0) is 6.42 Å². The first-order valence-corrected chi connectivity index (χ1v) is 7.37. The molecule has 0 aromatic heterocycles. The van der Waals surface area contributed by atoms with Crippen molar-refractivity contribution in [3.63, 3.8) is 0 Å². The van der Waals surface area contributed by atoms with E-state index in [9.17, 15) is 20.5 Å². The second-order valence-corrected chi connectivity index (χ2v) is 5.20. The summed E-state index contributed by atoms with van der Waals surface area (Å²) in [6.07, 6.45) is 3.74. The molecule has 0 aliphatic rings. The number of nitrogens with zero attached hydrogens (tertiary/aromatic N) is 2. The maximum atomic E-state index is 10.7. The van der Waals surface area contributed by atoms with Crippen molar-refractivity contribution in [3.8, 4) is 17.6 Å². The Hall–Kier alpha value is -3.59. The number of hydrogen-bond acceptors (Lipinski definition) is 5. The van der Waals surface area contributed by atoms with E-state index >= 15 is 0 Å². The number of benzene rings is 2. The average Bonchev–Trinajstić information content (AvgIpc) is 2.62. The Labute approximate surface area is 145 Å². The molecule has 0 heterocycles. The van der Waals surface area contributed by atoms with Crippen LogP contribution < -0.4 is 4.74 Å². The standard InChI is InChI=1S/C19H16N2O4/c1-3-4-15-9-13(11-18(25-2)19(15)22)10-16(12-20)14-5-7-17(8-6-14)21(23)24/h3,5-11,22H,1,4H2,2H3/b16-10+. The summed E-state index contributed by atoms with van der Waals surface area (Å²) in [5, 5.41) is 30.3. The Morgan fingerprint density at radius 3 is 2.60 bits per heavy atom. The number of methoxy groups -OCH3 is 1. The molecule has 0 spiro atoms. The van der Waals surface area contributed by atoms with Crippen LogP contribution in [0, 0.1) is 21.4 Å². The van der Waals surface area contributed by atoms with Crippen molar-refractivity contribution in [2.75, 3.05) is 7.11 Å². The number of phenolic OH excluding ortho intramolecular Hbond substituents is 1. The fraction of sp³-hybridized carbons (Fsp3) is 0.105. The molecule has 6 nitrogen and oxygen atoms in total. The first-order valence-electron chi connectivity index (χ1n) is 7.37. The minimum absolute atomic E-state index is 0.0355. The molecule has 0 aliphatic carbocycles. The van der Waals surface area contributed by atoms with Gasteiger partial charge in [-0.2, -0.15) is 5.26 Å². The number of nitro benzene ring substituents is 1. The van der Waals surface area contributed by atoms with Crippen molar-refractivity contribution in [3.05, 3.63) is 75.9 Å².